The molecule has 0 aliphatic heterocycles. The van der Waals surface area contributed by atoms with Crippen LogP contribution in [0.4, 0.5) is 5.69 Å². The Hall–Kier alpha value is -2.09. The molecule has 3 rings (SSSR count). The molecule has 0 heterocycles. The van der Waals surface area contributed by atoms with Gasteiger partial charge in [0.05, 0.1) is 0 Å². The summed E-state index contributed by atoms with van der Waals surface area (Å²) in [5.74, 6) is 0.196. The molecule has 1 aliphatic rings. The number of carbonyl (C=O) groups excluding carboxylic acids is 1. The number of nitrogens with one attached hydrogen (secondary N) is 1. The molecule has 2 nitrogen and oxygen atoms in total. The lowest BCUT2D eigenvalue weighted by Crippen LogP contribution is -2.23. The van der Waals surface area contributed by atoms with E-state index in [9.17, 15) is 4.79 Å². The predicted octanol–water partition coefficient (Wildman–Crippen LogP) is 3.66. The maximum absolute atomic E-state index is 12.4. The number of aryl methyl sites for hydroxylation is 1. The summed E-state index contributed by atoms with van der Waals surface area (Å²) in [6.07, 6.45) is 1.71. The van der Waals surface area contributed by atoms with Crippen LogP contribution >= 0.6 is 0 Å². The molecule has 0 spiro atoms. The summed E-state index contributed by atoms with van der Waals surface area (Å²) in [5.41, 5.74) is 5.92. The van der Waals surface area contributed by atoms with Crippen molar-refractivity contribution in [2.24, 2.45) is 5.92 Å². The Morgan fingerprint density at radius 2 is 1.65 bits per heavy atom. The van der Waals surface area contributed by atoms with Crippen molar-refractivity contribution >= 4 is 11.6 Å². The van der Waals surface area contributed by atoms with Gasteiger partial charge in [-0.05, 0) is 55.0 Å². The summed E-state index contributed by atoms with van der Waals surface area (Å²) in [4.78, 5) is 12.4. The Morgan fingerprint density at radius 3 is 2.30 bits per heavy atom. The second-order valence-electron chi connectivity index (χ2n) is 5.61. The van der Waals surface area contributed by atoms with Crippen LogP contribution in [0.2, 0.25) is 0 Å². The van der Waals surface area contributed by atoms with Gasteiger partial charge in [-0.2, -0.15) is 0 Å². The summed E-state index contributed by atoms with van der Waals surface area (Å²) in [6, 6.07) is 14.4. The van der Waals surface area contributed by atoms with Crippen molar-refractivity contribution in [2.45, 2.75) is 26.7 Å². The van der Waals surface area contributed by atoms with Gasteiger partial charge in [0.2, 0.25) is 5.91 Å². The molecule has 2 aromatic rings. The average Bonchev–Trinajstić information content (AvgIpc) is 2.88. The van der Waals surface area contributed by atoms with Crippen LogP contribution in [0.15, 0.2) is 42.5 Å². The minimum atomic E-state index is 0.0623. The fraction of sp³-hybridized carbons (Fsp3) is 0.278. The highest BCUT2D eigenvalue weighted by Gasteiger charge is 2.27. The Morgan fingerprint density at radius 1 is 1.00 bits per heavy atom. The smallest absolute Gasteiger partial charge is 0.228 e. The third-order valence-corrected chi connectivity index (χ3v) is 4.28. The Kier molecular flexibility index (Phi) is 3.31. The molecule has 20 heavy (non-hydrogen) atoms. The van der Waals surface area contributed by atoms with E-state index in [1.54, 1.807) is 0 Å². The summed E-state index contributed by atoms with van der Waals surface area (Å²) < 4.78 is 0. The van der Waals surface area contributed by atoms with Crippen LogP contribution in [0, 0.1) is 19.8 Å². The average molecular weight is 265 g/mol. The molecular formula is C18H19NO. The molecule has 0 radical (unpaired) electrons. The van der Waals surface area contributed by atoms with Crippen molar-refractivity contribution in [3.63, 3.8) is 0 Å². The van der Waals surface area contributed by atoms with E-state index < -0.39 is 0 Å². The molecule has 1 aliphatic carbocycles. The highest BCUT2D eigenvalue weighted by atomic mass is 16.1. The van der Waals surface area contributed by atoms with E-state index in [0.29, 0.717) is 0 Å². The molecule has 0 fully saturated rings. The van der Waals surface area contributed by atoms with Crippen LogP contribution < -0.4 is 5.32 Å². The largest absolute Gasteiger partial charge is 0.326 e. The van der Waals surface area contributed by atoms with Crippen molar-refractivity contribution in [3.05, 3.63) is 64.7 Å². The van der Waals surface area contributed by atoms with E-state index in [1.807, 2.05) is 31.2 Å². The zero-order valence-electron chi connectivity index (χ0n) is 11.9. The first-order valence-corrected chi connectivity index (χ1v) is 7.09. The second kappa shape index (κ2) is 5.12. The third kappa shape index (κ3) is 2.34. The molecule has 102 valence electrons. The minimum Gasteiger partial charge on any atom is -0.326 e. The van der Waals surface area contributed by atoms with Crippen molar-refractivity contribution in [1.29, 1.82) is 0 Å². The van der Waals surface area contributed by atoms with E-state index in [1.165, 1.54) is 16.7 Å². The van der Waals surface area contributed by atoms with Crippen LogP contribution in [0.3, 0.4) is 0 Å². The van der Waals surface area contributed by atoms with E-state index in [2.05, 4.69) is 30.4 Å². The minimum absolute atomic E-state index is 0.0623. The third-order valence-electron chi connectivity index (χ3n) is 4.28. The monoisotopic (exact) mass is 265 g/mol. The first-order valence-electron chi connectivity index (χ1n) is 7.09. The van der Waals surface area contributed by atoms with Gasteiger partial charge in [-0.15, -0.1) is 0 Å². The van der Waals surface area contributed by atoms with Crippen LogP contribution in [-0.2, 0) is 17.6 Å². The van der Waals surface area contributed by atoms with Crippen LogP contribution in [0.25, 0.3) is 0 Å². The topological polar surface area (TPSA) is 29.1 Å². The number of hydrogen-bond donors (Lipinski definition) is 1. The molecule has 0 atom stereocenters. The summed E-state index contributed by atoms with van der Waals surface area (Å²) in [5, 5.41) is 3.09. The van der Waals surface area contributed by atoms with Crippen LogP contribution in [-0.4, -0.2) is 5.91 Å². The van der Waals surface area contributed by atoms with Gasteiger partial charge in [0.15, 0.2) is 0 Å². The number of hydrogen-bond acceptors (Lipinski definition) is 1. The van der Waals surface area contributed by atoms with E-state index in [4.69, 9.17) is 0 Å². The lowest BCUT2D eigenvalue weighted by Gasteiger charge is -2.13. The molecule has 0 saturated carbocycles. The van der Waals surface area contributed by atoms with E-state index >= 15 is 0 Å². The Labute approximate surface area is 119 Å². The predicted molar refractivity (Wildman–Crippen MR) is 81.9 cm³/mol. The lowest BCUT2D eigenvalue weighted by atomic mass is 10.0. The van der Waals surface area contributed by atoms with Gasteiger partial charge >= 0.3 is 0 Å². The zero-order chi connectivity index (χ0) is 14.1. The molecule has 0 bridgehead atoms. The van der Waals surface area contributed by atoms with Gasteiger partial charge in [-0.3, -0.25) is 4.79 Å². The van der Waals surface area contributed by atoms with E-state index in [-0.39, 0.29) is 11.8 Å². The molecular weight excluding hydrogens is 246 g/mol. The van der Waals surface area contributed by atoms with Gasteiger partial charge in [0, 0.05) is 11.6 Å². The Bertz CT molecular complexity index is 635. The van der Waals surface area contributed by atoms with Gasteiger partial charge in [-0.1, -0.05) is 36.4 Å². The molecule has 0 unspecified atom stereocenters. The number of anilines is 1. The first kappa shape index (κ1) is 12.9. The maximum Gasteiger partial charge on any atom is 0.228 e. The molecule has 0 saturated heterocycles. The highest BCUT2D eigenvalue weighted by molar-refractivity contribution is 5.94. The van der Waals surface area contributed by atoms with Gasteiger partial charge in [-0.25, -0.2) is 0 Å². The van der Waals surface area contributed by atoms with Crippen LogP contribution in [0.1, 0.15) is 22.3 Å². The summed E-state index contributed by atoms with van der Waals surface area (Å²) in [7, 11) is 0. The van der Waals surface area contributed by atoms with Gasteiger partial charge < -0.3 is 5.32 Å². The lowest BCUT2D eigenvalue weighted by molar-refractivity contribution is -0.119. The quantitative estimate of drug-likeness (QED) is 0.882. The summed E-state index contributed by atoms with van der Waals surface area (Å²) in [6.45, 7) is 4.12. The van der Waals surface area contributed by atoms with Gasteiger partial charge in [0.25, 0.3) is 0 Å². The molecule has 2 heteroatoms. The van der Waals surface area contributed by atoms with Crippen molar-refractivity contribution < 1.29 is 4.79 Å². The van der Waals surface area contributed by atoms with Crippen molar-refractivity contribution in [1.82, 2.24) is 0 Å². The second-order valence-corrected chi connectivity index (χ2v) is 5.61. The molecule has 0 aromatic heterocycles. The van der Waals surface area contributed by atoms with E-state index in [0.717, 1.165) is 24.1 Å². The highest BCUT2D eigenvalue weighted by Crippen LogP contribution is 2.28. The normalized spacial score (nSPS) is 14.1. The molecule has 1 N–H and O–H groups in total. The zero-order valence-corrected chi connectivity index (χ0v) is 11.9. The first-order chi connectivity index (χ1) is 9.65. The number of amides is 1. The Balaban J connectivity index is 1.74. The molecule has 2 aromatic carbocycles. The maximum atomic E-state index is 12.4. The summed E-state index contributed by atoms with van der Waals surface area (Å²) >= 11 is 0. The van der Waals surface area contributed by atoms with Crippen LogP contribution in [0.5, 0.6) is 0 Å². The van der Waals surface area contributed by atoms with Crippen molar-refractivity contribution in [3.8, 4) is 0 Å². The van der Waals surface area contributed by atoms with Crippen molar-refractivity contribution in [2.75, 3.05) is 5.32 Å². The number of fused-ring (bicyclic) bond motifs is 1. The number of rotatable bonds is 2. The number of benzene rings is 2. The fourth-order valence-corrected chi connectivity index (χ4v) is 2.87. The number of carbonyl (C=O) groups is 1. The molecule has 1 amide bonds. The SMILES string of the molecule is Cc1cccc(NC(=O)C2Cc3ccccc3C2)c1C. The fourth-order valence-electron chi connectivity index (χ4n) is 2.87. The standard InChI is InChI=1S/C18H19NO/c1-12-6-5-9-17(13(12)2)19-18(20)16-10-14-7-3-4-8-15(14)11-16/h3-9,16H,10-11H2,1-2H3,(H,19,20). The van der Waals surface area contributed by atoms with Gasteiger partial charge in [0.1, 0.15) is 0 Å².